The van der Waals surface area contributed by atoms with Crippen molar-refractivity contribution in [3.05, 3.63) is 65.6 Å². The van der Waals surface area contributed by atoms with Gasteiger partial charge in [-0.05, 0) is 50.2 Å². The second-order valence-corrected chi connectivity index (χ2v) is 7.66. The van der Waals surface area contributed by atoms with E-state index < -0.39 is 0 Å². The lowest BCUT2D eigenvalue weighted by Crippen LogP contribution is -2.49. The molecule has 160 valence electrons. The molecule has 0 aliphatic carbocycles. The van der Waals surface area contributed by atoms with E-state index in [0.29, 0.717) is 24.3 Å². The maximum atomic E-state index is 12.9. The summed E-state index contributed by atoms with van der Waals surface area (Å²) in [5.41, 5.74) is 4.42. The molecular formula is C23H26N6O2. The maximum absolute atomic E-state index is 12.9. The molecule has 4 rings (SSSR count). The monoisotopic (exact) mass is 418 g/mol. The van der Waals surface area contributed by atoms with Crippen molar-refractivity contribution < 1.29 is 9.59 Å². The first kappa shape index (κ1) is 20.6. The smallest absolute Gasteiger partial charge is 0.253 e. The van der Waals surface area contributed by atoms with Crippen LogP contribution < -0.4 is 10.2 Å². The lowest BCUT2D eigenvalue weighted by molar-refractivity contribution is -0.114. The van der Waals surface area contributed by atoms with Crippen LogP contribution in [0, 0.1) is 13.8 Å². The summed E-state index contributed by atoms with van der Waals surface area (Å²) in [5, 5.41) is 7.40. The summed E-state index contributed by atoms with van der Waals surface area (Å²) in [4.78, 5) is 32.6. The van der Waals surface area contributed by atoms with E-state index in [0.717, 1.165) is 36.0 Å². The zero-order valence-corrected chi connectivity index (χ0v) is 18.0. The number of anilines is 2. The number of nitrogens with one attached hydrogen (secondary N) is 1. The molecule has 3 aromatic rings. The van der Waals surface area contributed by atoms with Crippen molar-refractivity contribution in [3.8, 4) is 5.82 Å². The fourth-order valence-corrected chi connectivity index (χ4v) is 4.01. The number of nitrogens with zero attached hydrogens (tertiary/aromatic N) is 5. The largest absolute Gasteiger partial charge is 0.365 e. The Hall–Kier alpha value is -3.68. The predicted molar refractivity (Wildman–Crippen MR) is 120 cm³/mol. The lowest BCUT2D eigenvalue weighted by atomic mass is 10.1. The summed E-state index contributed by atoms with van der Waals surface area (Å²) in [5.74, 6) is 0.671. The Morgan fingerprint density at radius 2 is 1.68 bits per heavy atom. The van der Waals surface area contributed by atoms with Gasteiger partial charge in [-0.3, -0.25) is 9.59 Å². The minimum atomic E-state index is -0.132. The van der Waals surface area contributed by atoms with Gasteiger partial charge >= 0.3 is 0 Å². The Kier molecular flexibility index (Phi) is 5.70. The van der Waals surface area contributed by atoms with E-state index >= 15 is 0 Å². The van der Waals surface area contributed by atoms with Crippen molar-refractivity contribution in [2.45, 2.75) is 20.8 Å². The molecule has 2 amide bonds. The number of piperazine rings is 1. The number of aromatic nitrogens is 3. The Morgan fingerprint density at radius 1 is 0.968 bits per heavy atom. The number of hydrogen-bond donors (Lipinski definition) is 1. The first-order chi connectivity index (χ1) is 14.9. The van der Waals surface area contributed by atoms with Gasteiger partial charge in [-0.1, -0.05) is 6.07 Å². The number of carbonyl (C=O) groups excluding carboxylic acids is 2. The third kappa shape index (κ3) is 4.28. The van der Waals surface area contributed by atoms with E-state index in [9.17, 15) is 9.59 Å². The van der Waals surface area contributed by atoms with Crippen LogP contribution in [0.25, 0.3) is 5.82 Å². The van der Waals surface area contributed by atoms with Gasteiger partial charge < -0.3 is 15.1 Å². The summed E-state index contributed by atoms with van der Waals surface area (Å²) in [6.07, 6.45) is 1.76. The van der Waals surface area contributed by atoms with Gasteiger partial charge in [-0.2, -0.15) is 5.10 Å². The number of benzene rings is 1. The summed E-state index contributed by atoms with van der Waals surface area (Å²) in [6, 6.07) is 12.8. The van der Waals surface area contributed by atoms with Gasteiger partial charge in [0.05, 0.1) is 17.1 Å². The summed E-state index contributed by atoms with van der Waals surface area (Å²) in [7, 11) is 0. The van der Waals surface area contributed by atoms with Crippen LogP contribution in [-0.4, -0.2) is 57.7 Å². The molecule has 2 aromatic heterocycles. The number of pyridine rings is 1. The fourth-order valence-electron chi connectivity index (χ4n) is 4.01. The van der Waals surface area contributed by atoms with Crippen LogP contribution in [0.15, 0.2) is 48.7 Å². The highest BCUT2D eigenvalue weighted by atomic mass is 16.2. The van der Waals surface area contributed by atoms with Crippen molar-refractivity contribution in [2.24, 2.45) is 0 Å². The van der Waals surface area contributed by atoms with Gasteiger partial charge in [0.1, 0.15) is 0 Å². The number of aryl methyl sites for hydroxylation is 1. The molecule has 0 radical (unpaired) electrons. The van der Waals surface area contributed by atoms with E-state index in [2.05, 4.69) is 27.2 Å². The second-order valence-electron chi connectivity index (χ2n) is 7.66. The third-order valence-electron chi connectivity index (χ3n) is 5.45. The van der Waals surface area contributed by atoms with Gasteiger partial charge in [-0.15, -0.1) is 0 Å². The molecule has 1 saturated heterocycles. The van der Waals surface area contributed by atoms with Crippen LogP contribution in [0.1, 0.15) is 28.7 Å². The van der Waals surface area contributed by atoms with Crippen LogP contribution in [-0.2, 0) is 4.79 Å². The van der Waals surface area contributed by atoms with Gasteiger partial charge in [0, 0.05) is 50.6 Å². The van der Waals surface area contributed by atoms with E-state index in [-0.39, 0.29) is 11.8 Å². The SMILES string of the molecule is CC(=O)Nc1ccc(C(=O)N2CCN(c3c(C)nn(-c4ccccn4)c3C)CC2)cc1. The first-order valence-electron chi connectivity index (χ1n) is 10.3. The van der Waals surface area contributed by atoms with E-state index in [4.69, 9.17) is 0 Å². The predicted octanol–water partition coefficient (Wildman–Crippen LogP) is 2.80. The normalized spacial score (nSPS) is 13.9. The third-order valence-corrected chi connectivity index (χ3v) is 5.45. The van der Waals surface area contributed by atoms with Gasteiger partial charge in [-0.25, -0.2) is 9.67 Å². The summed E-state index contributed by atoms with van der Waals surface area (Å²) in [6.45, 7) is 8.28. The zero-order valence-electron chi connectivity index (χ0n) is 18.0. The van der Waals surface area contributed by atoms with Crippen LogP contribution in [0.4, 0.5) is 11.4 Å². The van der Waals surface area contributed by atoms with E-state index in [1.807, 2.05) is 34.7 Å². The molecule has 0 atom stereocenters. The van der Waals surface area contributed by atoms with Crippen molar-refractivity contribution in [1.29, 1.82) is 0 Å². The summed E-state index contributed by atoms with van der Waals surface area (Å²) < 4.78 is 1.87. The minimum absolute atomic E-state index is 0.00616. The summed E-state index contributed by atoms with van der Waals surface area (Å²) >= 11 is 0. The van der Waals surface area contributed by atoms with Gasteiger partial charge in [0.2, 0.25) is 5.91 Å². The molecule has 8 heteroatoms. The molecule has 0 unspecified atom stereocenters. The first-order valence-corrected chi connectivity index (χ1v) is 10.3. The number of amides is 2. The number of carbonyl (C=O) groups is 2. The minimum Gasteiger partial charge on any atom is -0.365 e. The van der Waals surface area contributed by atoms with Crippen molar-refractivity contribution in [2.75, 3.05) is 36.4 Å². The molecule has 1 aliphatic rings. The van der Waals surface area contributed by atoms with E-state index in [1.165, 1.54) is 6.92 Å². The number of rotatable bonds is 4. The van der Waals surface area contributed by atoms with Crippen molar-refractivity contribution >= 4 is 23.2 Å². The Bertz CT molecular complexity index is 1080. The molecule has 0 spiro atoms. The van der Waals surface area contributed by atoms with Crippen molar-refractivity contribution in [3.63, 3.8) is 0 Å². The molecule has 3 heterocycles. The molecule has 8 nitrogen and oxygen atoms in total. The highest BCUT2D eigenvalue weighted by molar-refractivity contribution is 5.95. The average molecular weight is 419 g/mol. The highest BCUT2D eigenvalue weighted by Gasteiger charge is 2.26. The zero-order chi connectivity index (χ0) is 22.0. The molecule has 1 aliphatic heterocycles. The molecule has 1 fully saturated rings. The standard InChI is InChI=1S/C23H26N6O2/c1-16-22(17(2)29(26-16)21-6-4-5-11-24-21)27-12-14-28(15-13-27)23(31)19-7-9-20(10-8-19)25-18(3)30/h4-11H,12-15H2,1-3H3,(H,25,30). The van der Waals surface area contributed by atoms with Crippen LogP contribution in [0.5, 0.6) is 0 Å². The Labute approximate surface area is 181 Å². The van der Waals surface area contributed by atoms with Gasteiger partial charge in [0.25, 0.3) is 5.91 Å². The maximum Gasteiger partial charge on any atom is 0.253 e. The molecular weight excluding hydrogens is 392 g/mol. The van der Waals surface area contributed by atoms with E-state index in [1.54, 1.807) is 30.5 Å². The average Bonchev–Trinajstić information content (AvgIpc) is 3.08. The van der Waals surface area contributed by atoms with Crippen LogP contribution >= 0.6 is 0 Å². The molecule has 0 saturated carbocycles. The lowest BCUT2D eigenvalue weighted by Gasteiger charge is -2.36. The molecule has 1 N–H and O–H groups in total. The van der Waals surface area contributed by atoms with Crippen LogP contribution in [0.3, 0.4) is 0 Å². The molecule has 0 bridgehead atoms. The topological polar surface area (TPSA) is 83.4 Å². The second kappa shape index (κ2) is 8.59. The van der Waals surface area contributed by atoms with Crippen molar-refractivity contribution in [1.82, 2.24) is 19.7 Å². The number of hydrogen-bond acceptors (Lipinski definition) is 5. The Balaban J connectivity index is 1.44. The molecule has 1 aromatic carbocycles. The van der Waals surface area contributed by atoms with Crippen LogP contribution in [0.2, 0.25) is 0 Å². The Morgan fingerprint density at radius 3 is 2.29 bits per heavy atom. The molecule has 31 heavy (non-hydrogen) atoms. The van der Waals surface area contributed by atoms with Gasteiger partial charge in [0.15, 0.2) is 5.82 Å². The fraction of sp³-hybridized carbons (Fsp3) is 0.304. The quantitative estimate of drug-likeness (QED) is 0.704. The highest BCUT2D eigenvalue weighted by Crippen LogP contribution is 2.27.